The zero-order valence-corrected chi connectivity index (χ0v) is 10.9. The minimum absolute atomic E-state index is 0.720. The van der Waals surface area contributed by atoms with E-state index in [0.29, 0.717) is 0 Å². The Morgan fingerprint density at radius 2 is 1.69 bits per heavy atom. The second-order valence-electron chi connectivity index (χ2n) is 5.85. The van der Waals surface area contributed by atoms with Crippen LogP contribution in [0.25, 0.3) is 0 Å². The minimum Gasteiger partial charge on any atom is -0.381 e. The summed E-state index contributed by atoms with van der Waals surface area (Å²) in [5.74, 6) is 1.73. The first-order valence-corrected chi connectivity index (χ1v) is 7.11. The summed E-state index contributed by atoms with van der Waals surface area (Å²) >= 11 is 0. The van der Waals surface area contributed by atoms with Crippen molar-refractivity contribution < 1.29 is 4.74 Å². The van der Waals surface area contributed by atoms with Crippen molar-refractivity contribution in [2.45, 2.75) is 64.5 Å². The van der Waals surface area contributed by atoms with Crippen LogP contribution in [0.4, 0.5) is 0 Å². The normalized spacial score (nSPS) is 33.2. The third-order valence-electron chi connectivity index (χ3n) is 4.35. The molecule has 2 rings (SSSR count). The molecule has 94 valence electrons. The van der Waals surface area contributed by atoms with E-state index in [1.165, 1.54) is 38.5 Å². The summed E-state index contributed by atoms with van der Waals surface area (Å²) < 4.78 is 5.42. The van der Waals surface area contributed by atoms with Crippen LogP contribution in [0, 0.1) is 11.8 Å². The lowest BCUT2D eigenvalue weighted by atomic mass is 9.77. The molecule has 1 saturated heterocycles. The number of nitrogens with one attached hydrogen (secondary N) is 1. The SMILES string of the molecule is CC(C)C1CCCCC1NC1CCOCC1. The highest BCUT2D eigenvalue weighted by atomic mass is 16.5. The number of hydrogen-bond donors (Lipinski definition) is 1. The van der Waals surface area contributed by atoms with E-state index in [-0.39, 0.29) is 0 Å². The number of hydrogen-bond acceptors (Lipinski definition) is 2. The van der Waals surface area contributed by atoms with Crippen molar-refractivity contribution in [2.24, 2.45) is 11.8 Å². The van der Waals surface area contributed by atoms with Gasteiger partial charge in [-0.15, -0.1) is 0 Å². The van der Waals surface area contributed by atoms with E-state index < -0.39 is 0 Å². The van der Waals surface area contributed by atoms with Crippen LogP contribution < -0.4 is 5.32 Å². The van der Waals surface area contributed by atoms with Crippen LogP contribution in [0.15, 0.2) is 0 Å². The maximum atomic E-state index is 5.42. The molecule has 1 heterocycles. The molecule has 1 aliphatic carbocycles. The van der Waals surface area contributed by atoms with Crippen LogP contribution in [-0.4, -0.2) is 25.3 Å². The van der Waals surface area contributed by atoms with E-state index in [2.05, 4.69) is 19.2 Å². The topological polar surface area (TPSA) is 21.3 Å². The summed E-state index contributed by atoms with van der Waals surface area (Å²) in [6.07, 6.45) is 8.10. The van der Waals surface area contributed by atoms with E-state index in [1.807, 2.05) is 0 Å². The molecule has 1 aliphatic heterocycles. The Labute approximate surface area is 100 Å². The van der Waals surface area contributed by atoms with E-state index in [4.69, 9.17) is 4.74 Å². The third kappa shape index (κ3) is 3.21. The molecule has 2 unspecified atom stereocenters. The Kier molecular flexibility index (Phi) is 4.66. The standard InChI is InChI=1S/C14H27NO/c1-11(2)13-5-3-4-6-14(13)15-12-7-9-16-10-8-12/h11-15H,3-10H2,1-2H3. The Hall–Kier alpha value is -0.0800. The fraction of sp³-hybridized carbons (Fsp3) is 1.00. The van der Waals surface area contributed by atoms with Crippen molar-refractivity contribution in [1.29, 1.82) is 0 Å². The van der Waals surface area contributed by atoms with Crippen molar-refractivity contribution >= 4 is 0 Å². The monoisotopic (exact) mass is 225 g/mol. The lowest BCUT2D eigenvalue weighted by Gasteiger charge is -2.38. The maximum absolute atomic E-state index is 5.42. The van der Waals surface area contributed by atoms with Gasteiger partial charge < -0.3 is 10.1 Å². The Balaban J connectivity index is 1.85. The summed E-state index contributed by atoms with van der Waals surface area (Å²) in [6.45, 7) is 6.68. The smallest absolute Gasteiger partial charge is 0.0480 e. The molecule has 0 aromatic carbocycles. The van der Waals surface area contributed by atoms with Crippen LogP contribution in [-0.2, 0) is 4.74 Å². The van der Waals surface area contributed by atoms with Crippen LogP contribution in [0.2, 0.25) is 0 Å². The maximum Gasteiger partial charge on any atom is 0.0480 e. The molecule has 16 heavy (non-hydrogen) atoms. The molecular formula is C14H27NO. The van der Waals surface area contributed by atoms with Crippen LogP contribution in [0.1, 0.15) is 52.4 Å². The highest BCUT2D eigenvalue weighted by molar-refractivity contribution is 4.86. The molecule has 0 amide bonds. The van der Waals surface area contributed by atoms with Gasteiger partial charge in [0.05, 0.1) is 0 Å². The van der Waals surface area contributed by atoms with Gasteiger partial charge >= 0.3 is 0 Å². The molecule has 0 aromatic rings. The van der Waals surface area contributed by atoms with Crippen molar-refractivity contribution in [3.63, 3.8) is 0 Å². The fourth-order valence-electron chi connectivity index (χ4n) is 3.33. The summed E-state index contributed by atoms with van der Waals surface area (Å²) in [6, 6.07) is 1.50. The summed E-state index contributed by atoms with van der Waals surface area (Å²) in [5, 5.41) is 3.91. The molecule has 0 radical (unpaired) electrons. The average molecular weight is 225 g/mol. The Bertz CT molecular complexity index is 199. The first-order valence-electron chi connectivity index (χ1n) is 7.11. The molecule has 2 fully saturated rings. The first kappa shape index (κ1) is 12.4. The molecule has 0 spiro atoms. The molecule has 2 aliphatic rings. The lowest BCUT2D eigenvalue weighted by molar-refractivity contribution is 0.0666. The van der Waals surface area contributed by atoms with Crippen LogP contribution >= 0.6 is 0 Å². The quantitative estimate of drug-likeness (QED) is 0.797. The van der Waals surface area contributed by atoms with E-state index in [0.717, 1.165) is 37.1 Å². The molecule has 1 saturated carbocycles. The van der Waals surface area contributed by atoms with Gasteiger partial charge in [0.1, 0.15) is 0 Å². The zero-order valence-electron chi connectivity index (χ0n) is 10.9. The van der Waals surface area contributed by atoms with Crippen LogP contribution in [0.3, 0.4) is 0 Å². The molecule has 1 N–H and O–H groups in total. The van der Waals surface area contributed by atoms with Gasteiger partial charge in [-0.3, -0.25) is 0 Å². The number of rotatable bonds is 3. The fourth-order valence-corrected chi connectivity index (χ4v) is 3.33. The second kappa shape index (κ2) is 6.02. The van der Waals surface area contributed by atoms with E-state index in [1.54, 1.807) is 0 Å². The van der Waals surface area contributed by atoms with E-state index >= 15 is 0 Å². The highest BCUT2D eigenvalue weighted by Gasteiger charge is 2.29. The van der Waals surface area contributed by atoms with Crippen molar-refractivity contribution in [3.8, 4) is 0 Å². The first-order chi connectivity index (χ1) is 7.77. The molecular weight excluding hydrogens is 198 g/mol. The molecule has 2 atom stereocenters. The van der Waals surface area contributed by atoms with Gasteiger partial charge in [0.25, 0.3) is 0 Å². The van der Waals surface area contributed by atoms with Crippen molar-refractivity contribution in [1.82, 2.24) is 5.32 Å². The van der Waals surface area contributed by atoms with Gasteiger partial charge in [0, 0.05) is 25.3 Å². The van der Waals surface area contributed by atoms with Gasteiger partial charge in [-0.05, 0) is 37.5 Å². The predicted molar refractivity (Wildman–Crippen MR) is 67.6 cm³/mol. The predicted octanol–water partition coefficient (Wildman–Crippen LogP) is 2.97. The summed E-state index contributed by atoms with van der Waals surface area (Å²) in [7, 11) is 0. The van der Waals surface area contributed by atoms with Gasteiger partial charge in [-0.25, -0.2) is 0 Å². The average Bonchev–Trinajstić information content (AvgIpc) is 2.31. The third-order valence-corrected chi connectivity index (χ3v) is 4.35. The Morgan fingerprint density at radius 3 is 2.38 bits per heavy atom. The van der Waals surface area contributed by atoms with Crippen molar-refractivity contribution in [3.05, 3.63) is 0 Å². The van der Waals surface area contributed by atoms with E-state index in [9.17, 15) is 0 Å². The minimum atomic E-state index is 0.720. The summed E-state index contributed by atoms with van der Waals surface area (Å²) in [5.41, 5.74) is 0. The van der Waals surface area contributed by atoms with Gasteiger partial charge in [0.2, 0.25) is 0 Å². The molecule has 0 bridgehead atoms. The summed E-state index contributed by atoms with van der Waals surface area (Å²) in [4.78, 5) is 0. The molecule has 2 heteroatoms. The van der Waals surface area contributed by atoms with Gasteiger partial charge in [0.15, 0.2) is 0 Å². The highest BCUT2D eigenvalue weighted by Crippen LogP contribution is 2.30. The molecule has 0 aromatic heterocycles. The zero-order chi connectivity index (χ0) is 11.4. The van der Waals surface area contributed by atoms with Gasteiger partial charge in [-0.1, -0.05) is 26.7 Å². The van der Waals surface area contributed by atoms with Crippen LogP contribution in [0.5, 0.6) is 0 Å². The largest absolute Gasteiger partial charge is 0.381 e. The molecule has 2 nitrogen and oxygen atoms in total. The Morgan fingerprint density at radius 1 is 1.00 bits per heavy atom. The van der Waals surface area contributed by atoms with Crippen molar-refractivity contribution in [2.75, 3.05) is 13.2 Å². The number of ether oxygens (including phenoxy) is 1. The van der Waals surface area contributed by atoms with Gasteiger partial charge in [-0.2, -0.15) is 0 Å². The second-order valence-corrected chi connectivity index (χ2v) is 5.85. The lowest BCUT2D eigenvalue weighted by Crippen LogP contribution is -2.47.